The molecule has 0 radical (unpaired) electrons. The normalized spacial score (nSPS) is 19.9. The second-order valence-electron chi connectivity index (χ2n) is 15.7. The highest BCUT2D eigenvalue weighted by molar-refractivity contribution is 6.19. The predicted octanol–water partition coefficient (Wildman–Crippen LogP) is 5.36. The summed E-state index contributed by atoms with van der Waals surface area (Å²) in [6.07, 6.45) is 6.14. The summed E-state index contributed by atoms with van der Waals surface area (Å²) < 4.78 is 38.0. The number of ether oxygens (including phenoxy) is 1. The first-order valence-electron chi connectivity index (χ1n) is 20.2. The lowest BCUT2D eigenvalue weighted by Gasteiger charge is -2.37. The third-order valence-electron chi connectivity index (χ3n) is 11.7. The van der Waals surface area contributed by atoms with Crippen molar-refractivity contribution in [1.82, 2.24) is 29.9 Å². The van der Waals surface area contributed by atoms with Crippen molar-refractivity contribution >= 4 is 41.0 Å². The van der Waals surface area contributed by atoms with Crippen LogP contribution in [0.3, 0.4) is 0 Å². The first-order valence-corrected chi connectivity index (χ1v) is 20.2. The van der Waals surface area contributed by atoms with Gasteiger partial charge in [0.05, 0.1) is 41.4 Å². The third kappa shape index (κ3) is 8.31. The number of nitrogens with one attached hydrogen (secondary N) is 2. The van der Waals surface area contributed by atoms with E-state index in [1.54, 1.807) is 34.0 Å². The van der Waals surface area contributed by atoms with Crippen molar-refractivity contribution in [1.29, 1.82) is 0 Å². The van der Waals surface area contributed by atoms with Gasteiger partial charge in [-0.25, -0.2) is 13.5 Å². The van der Waals surface area contributed by atoms with Gasteiger partial charge in [-0.2, -0.15) is 10.1 Å². The lowest BCUT2D eigenvalue weighted by Crippen LogP contribution is -2.46. The molecule has 2 saturated heterocycles. The number of aromatic nitrogens is 3. The number of rotatable bonds is 6. The van der Waals surface area contributed by atoms with Crippen molar-refractivity contribution in [3.8, 4) is 17.1 Å². The molecule has 4 aromatic rings. The molecule has 2 N–H and O–H groups in total. The van der Waals surface area contributed by atoms with E-state index >= 15 is 8.78 Å². The van der Waals surface area contributed by atoms with E-state index in [1.807, 2.05) is 38.1 Å². The van der Waals surface area contributed by atoms with Gasteiger partial charge in [-0.3, -0.25) is 29.5 Å². The monoisotopic (exact) mass is 807 g/mol. The highest BCUT2D eigenvalue weighted by Gasteiger charge is 2.34. The minimum Gasteiger partial charge on any atom is -0.477 e. The zero-order valence-electron chi connectivity index (χ0n) is 33.4. The lowest BCUT2D eigenvalue weighted by molar-refractivity contribution is -0.134. The maximum Gasteiger partial charge on any atom is 0.280 e. The number of piperidine rings is 2. The fraction of sp³-hybridized carbons (Fsp3) is 0.419. The molecule has 2 bridgehead atoms. The predicted molar refractivity (Wildman–Crippen MR) is 216 cm³/mol. The number of hydrogen-bond acceptors (Lipinski definition) is 10. The number of fused-ring (bicyclic) bond motifs is 7. The molecule has 2 aromatic heterocycles. The molecule has 14 nitrogen and oxygen atoms in total. The summed E-state index contributed by atoms with van der Waals surface area (Å²) in [7, 11) is 3.63. The van der Waals surface area contributed by atoms with Crippen LogP contribution < -0.4 is 20.3 Å². The van der Waals surface area contributed by atoms with E-state index in [1.165, 1.54) is 12.1 Å². The van der Waals surface area contributed by atoms with Gasteiger partial charge < -0.3 is 24.8 Å². The largest absolute Gasteiger partial charge is 0.477 e. The highest BCUT2D eigenvalue weighted by atomic mass is 19.1. The van der Waals surface area contributed by atoms with Gasteiger partial charge >= 0.3 is 0 Å². The van der Waals surface area contributed by atoms with Crippen LogP contribution in [-0.2, 0) is 23.1 Å². The molecule has 0 aliphatic carbocycles. The molecule has 2 aromatic carbocycles. The number of anilines is 2. The second-order valence-corrected chi connectivity index (χ2v) is 15.7. The summed E-state index contributed by atoms with van der Waals surface area (Å²) in [5.74, 6) is -3.25. The maximum atomic E-state index is 15.1. The van der Waals surface area contributed by atoms with E-state index in [0.717, 1.165) is 43.5 Å². The van der Waals surface area contributed by atoms with Crippen molar-refractivity contribution in [3.05, 3.63) is 88.2 Å². The molecule has 4 aliphatic heterocycles. The van der Waals surface area contributed by atoms with Crippen molar-refractivity contribution in [2.24, 2.45) is 12.0 Å². The first-order chi connectivity index (χ1) is 28.4. The van der Waals surface area contributed by atoms with Gasteiger partial charge in [-0.05, 0) is 99.9 Å². The summed E-state index contributed by atoms with van der Waals surface area (Å²) in [6, 6.07) is 11.5. The Hall–Kier alpha value is -6.03. The highest BCUT2D eigenvalue weighted by Crippen LogP contribution is 2.36. The van der Waals surface area contributed by atoms with Gasteiger partial charge in [0.25, 0.3) is 11.8 Å². The molecule has 0 unspecified atom stereocenters. The van der Waals surface area contributed by atoms with Crippen LogP contribution in [-0.4, -0.2) is 100 Å². The quantitative estimate of drug-likeness (QED) is 0.244. The van der Waals surface area contributed by atoms with Gasteiger partial charge in [0.2, 0.25) is 23.7 Å². The number of halogens is 2. The number of benzene rings is 2. The molecule has 59 heavy (non-hydrogen) atoms. The minimum absolute atomic E-state index is 0.000777. The van der Waals surface area contributed by atoms with Crippen molar-refractivity contribution in [3.63, 3.8) is 0 Å². The molecule has 16 heteroatoms. The SMILES string of the molecule is Cc1cc2cc(n1)-c1cnn(C)c1OCCCCCN1/C(=N/C2=O)Nc2ccc(C(=O)N(C)C3CCN(CCc4cc(F)c([C@H]5CCC(=O)NC5=O)c(F)c4)CC3)cc21. The molecule has 4 aliphatic rings. The van der Waals surface area contributed by atoms with Crippen molar-refractivity contribution < 1.29 is 32.7 Å². The number of guanidine groups is 1. The summed E-state index contributed by atoms with van der Waals surface area (Å²) in [4.78, 5) is 66.7. The number of carbonyl (C=O) groups is 4. The Kier molecular flexibility index (Phi) is 11.2. The second kappa shape index (κ2) is 16.7. The molecule has 1 atom stereocenters. The van der Waals surface area contributed by atoms with E-state index in [0.29, 0.717) is 84.7 Å². The zero-order valence-corrected chi connectivity index (χ0v) is 33.4. The number of nitrogens with zero attached hydrogens (tertiary/aromatic N) is 7. The Balaban J connectivity index is 0.915. The average Bonchev–Trinajstić information content (AvgIpc) is 3.76. The van der Waals surface area contributed by atoms with Crippen LogP contribution in [0.1, 0.15) is 88.4 Å². The Morgan fingerprint density at radius 1 is 0.966 bits per heavy atom. The van der Waals surface area contributed by atoms with E-state index in [2.05, 4.69) is 30.6 Å². The van der Waals surface area contributed by atoms with Crippen molar-refractivity contribution in [2.75, 3.05) is 50.1 Å². The van der Waals surface area contributed by atoms with Gasteiger partial charge in [-0.15, -0.1) is 0 Å². The molecule has 6 heterocycles. The molecular formula is C43H47F2N9O5. The summed E-state index contributed by atoms with van der Waals surface area (Å²) >= 11 is 0. The summed E-state index contributed by atoms with van der Waals surface area (Å²) in [6.45, 7) is 4.90. The molecule has 308 valence electrons. The van der Waals surface area contributed by atoms with Crippen LogP contribution in [0.15, 0.2) is 53.7 Å². The van der Waals surface area contributed by atoms with Gasteiger partial charge in [0.15, 0.2) is 0 Å². The number of carbonyl (C=O) groups excluding carboxylic acids is 4. The van der Waals surface area contributed by atoms with Gasteiger partial charge in [0, 0.05) is 75.1 Å². The fourth-order valence-electron chi connectivity index (χ4n) is 8.46. The zero-order chi connectivity index (χ0) is 41.4. The molecule has 0 saturated carbocycles. The number of aliphatic imine (C=N–C) groups is 1. The van der Waals surface area contributed by atoms with E-state index in [4.69, 9.17) is 4.74 Å². The Morgan fingerprint density at radius 2 is 1.75 bits per heavy atom. The Labute approximate surface area is 340 Å². The van der Waals surface area contributed by atoms with Crippen LogP contribution in [0.25, 0.3) is 11.3 Å². The number of likely N-dealkylation sites (tertiary alicyclic amines) is 1. The first kappa shape index (κ1) is 39.8. The van der Waals surface area contributed by atoms with Crippen LogP contribution in [0.4, 0.5) is 20.2 Å². The number of hydrogen-bond donors (Lipinski definition) is 2. The summed E-state index contributed by atoms with van der Waals surface area (Å²) in [5.41, 5.74) is 4.58. The maximum absolute atomic E-state index is 15.1. The molecule has 0 spiro atoms. The molecular weight excluding hydrogens is 761 g/mol. The van der Waals surface area contributed by atoms with Gasteiger partial charge in [-0.1, -0.05) is 0 Å². The fourth-order valence-corrected chi connectivity index (χ4v) is 8.46. The Bertz CT molecular complexity index is 2330. The van der Waals surface area contributed by atoms with E-state index in [-0.39, 0.29) is 30.4 Å². The van der Waals surface area contributed by atoms with E-state index in [9.17, 15) is 19.2 Å². The topological polar surface area (TPSA) is 154 Å². The molecule has 4 amide bonds. The van der Waals surface area contributed by atoms with Crippen molar-refractivity contribution in [2.45, 2.75) is 70.3 Å². The smallest absolute Gasteiger partial charge is 0.280 e. The van der Waals surface area contributed by atoms with Crippen LogP contribution >= 0.6 is 0 Å². The number of pyridine rings is 1. The number of imide groups is 1. The Morgan fingerprint density at radius 3 is 2.51 bits per heavy atom. The van der Waals surface area contributed by atoms with Crippen LogP contribution in [0.2, 0.25) is 0 Å². The van der Waals surface area contributed by atoms with Crippen LogP contribution in [0.5, 0.6) is 5.88 Å². The average molecular weight is 808 g/mol. The lowest BCUT2D eigenvalue weighted by atomic mass is 9.89. The van der Waals surface area contributed by atoms with Crippen LogP contribution in [0, 0.1) is 18.6 Å². The van der Waals surface area contributed by atoms with Gasteiger partial charge in [0.1, 0.15) is 11.6 Å². The molecule has 8 rings (SSSR count). The third-order valence-corrected chi connectivity index (χ3v) is 11.7. The molecule has 2 fully saturated rings. The summed E-state index contributed by atoms with van der Waals surface area (Å²) in [5, 5.41) is 9.85. The standard InChI is InChI=1S/C43H47F2N9O5/c1-25-19-28-22-35(47-25)31-24-46-52(3)42(31)59-18-6-4-5-14-54-36-23-27(7-9-34(36)48-43(54)50-39(28)56)41(58)51(2)29-12-16-53(17-13-29)15-11-26-20-32(44)38(33(45)21-26)30-8-10-37(55)49-40(30)57/h7,9,19-24,29-30H,4-6,8,10-18H2,1-3H3,(H,48,50,56)(H,49,55,57)/t30-/m1/s1. The number of aryl methyl sites for hydroxylation is 2. The van der Waals surface area contributed by atoms with E-state index < -0.39 is 35.3 Å². The number of amides is 4. The minimum atomic E-state index is -1.03.